The number of carbonyl (C=O) groups is 2. The number of carbonyl (C=O) groups excluding carboxylic acids is 1. The number of hydrogen-bond acceptors (Lipinski definition) is 2. The van der Waals surface area contributed by atoms with E-state index in [9.17, 15) is 9.59 Å². The highest BCUT2D eigenvalue weighted by Gasteiger charge is 2.33. The molecule has 0 unspecified atom stereocenters. The van der Waals surface area contributed by atoms with E-state index in [-0.39, 0.29) is 5.91 Å². The molecule has 0 saturated carbocycles. The molecule has 0 bridgehead atoms. The van der Waals surface area contributed by atoms with Crippen LogP contribution in [0.1, 0.15) is 24.8 Å². The number of benzene rings is 1. The average Bonchev–Trinajstić information content (AvgIpc) is 3.11. The van der Waals surface area contributed by atoms with E-state index in [4.69, 9.17) is 5.11 Å². The van der Waals surface area contributed by atoms with Crippen LogP contribution in [0.5, 0.6) is 0 Å². The zero-order valence-corrected chi connectivity index (χ0v) is 12.7. The van der Waals surface area contributed by atoms with Gasteiger partial charge in [-0.2, -0.15) is 0 Å². The summed E-state index contributed by atoms with van der Waals surface area (Å²) in [6, 6.07) is 7.47. The van der Waals surface area contributed by atoms with Gasteiger partial charge in [0.1, 0.15) is 6.04 Å². The van der Waals surface area contributed by atoms with Gasteiger partial charge in [0.25, 0.3) is 0 Å². The van der Waals surface area contributed by atoms with Crippen LogP contribution in [0.4, 0.5) is 0 Å². The second-order valence-corrected chi connectivity index (χ2v) is 5.87. The molecule has 5 heteroatoms. The number of rotatable bonds is 4. The van der Waals surface area contributed by atoms with E-state index < -0.39 is 12.0 Å². The summed E-state index contributed by atoms with van der Waals surface area (Å²) in [6.45, 7) is 0.561. The summed E-state index contributed by atoms with van der Waals surface area (Å²) in [7, 11) is 1.99. The SMILES string of the molecule is Cn1cc(CCC(=O)N2CCC[C@@H]2C(=O)O)c2ccccc21. The zero-order valence-electron chi connectivity index (χ0n) is 12.7. The van der Waals surface area contributed by atoms with Crippen molar-refractivity contribution in [1.82, 2.24) is 9.47 Å². The third-order valence-corrected chi connectivity index (χ3v) is 4.45. The quantitative estimate of drug-likeness (QED) is 0.941. The smallest absolute Gasteiger partial charge is 0.326 e. The highest BCUT2D eigenvalue weighted by molar-refractivity contribution is 5.86. The van der Waals surface area contributed by atoms with Gasteiger partial charge in [-0.3, -0.25) is 4.79 Å². The Morgan fingerprint density at radius 3 is 2.86 bits per heavy atom. The molecule has 1 fully saturated rings. The minimum absolute atomic E-state index is 0.0576. The van der Waals surface area contributed by atoms with E-state index in [0.29, 0.717) is 25.8 Å². The minimum atomic E-state index is -0.893. The van der Waals surface area contributed by atoms with E-state index in [1.54, 1.807) is 0 Å². The van der Waals surface area contributed by atoms with Crippen LogP contribution in [0.2, 0.25) is 0 Å². The monoisotopic (exact) mass is 300 g/mol. The lowest BCUT2D eigenvalue weighted by atomic mass is 10.1. The standard InChI is InChI=1S/C17H20N2O3/c1-18-11-12(13-5-2-3-6-14(13)18)8-9-16(20)19-10-4-7-15(19)17(21)22/h2-3,5-6,11,15H,4,7-10H2,1H3,(H,21,22)/t15-/m1/s1. The normalized spacial score (nSPS) is 18.0. The number of para-hydroxylation sites is 1. The maximum Gasteiger partial charge on any atom is 0.326 e. The van der Waals surface area contributed by atoms with Crippen molar-refractivity contribution >= 4 is 22.8 Å². The van der Waals surface area contributed by atoms with Gasteiger partial charge in [-0.1, -0.05) is 18.2 Å². The molecule has 2 aromatic rings. The molecule has 0 aliphatic carbocycles. The van der Waals surface area contributed by atoms with Crippen LogP contribution in [0.3, 0.4) is 0 Å². The van der Waals surface area contributed by atoms with Crippen LogP contribution >= 0.6 is 0 Å². The summed E-state index contributed by atoms with van der Waals surface area (Å²) >= 11 is 0. The molecule has 0 radical (unpaired) electrons. The predicted octanol–water partition coefficient (Wildman–Crippen LogP) is 2.19. The third-order valence-electron chi connectivity index (χ3n) is 4.45. The van der Waals surface area contributed by atoms with E-state index in [1.807, 2.05) is 19.2 Å². The molecule has 22 heavy (non-hydrogen) atoms. The van der Waals surface area contributed by atoms with Gasteiger partial charge in [-0.05, 0) is 30.9 Å². The van der Waals surface area contributed by atoms with Gasteiger partial charge in [-0.15, -0.1) is 0 Å². The molecule has 1 atom stereocenters. The summed E-state index contributed by atoms with van der Waals surface area (Å²) in [5.41, 5.74) is 2.28. The van der Waals surface area contributed by atoms with Crippen molar-refractivity contribution in [2.75, 3.05) is 6.54 Å². The first-order valence-electron chi connectivity index (χ1n) is 7.63. The highest BCUT2D eigenvalue weighted by Crippen LogP contribution is 2.23. The van der Waals surface area contributed by atoms with Gasteiger partial charge in [0.05, 0.1) is 0 Å². The number of hydrogen-bond donors (Lipinski definition) is 1. The summed E-state index contributed by atoms with van der Waals surface area (Å²) in [5.74, 6) is -0.950. The molecule has 1 aromatic heterocycles. The van der Waals surface area contributed by atoms with Gasteiger partial charge in [0, 0.05) is 37.1 Å². The van der Waals surface area contributed by atoms with Crippen molar-refractivity contribution in [1.29, 1.82) is 0 Å². The van der Waals surface area contributed by atoms with E-state index >= 15 is 0 Å². The van der Waals surface area contributed by atoms with Crippen molar-refractivity contribution in [3.05, 3.63) is 36.0 Å². The fourth-order valence-electron chi connectivity index (χ4n) is 3.33. The van der Waals surface area contributed by atoms with Gasteiger partial charge in [-0.25, -0.2) is 4.79 Å². The zero-order chi connectivity index (χ0) is 15.7. The Bertz CT molecular complexity index is 720. The van der Waals surface area contributed by atoms with Crippen molar-refractivity contribution in [2.45, 2.75) is 31.7 Å². The maximum absolute atomic E-state index is 12.3. The number of aryl methyl sites for hydroxylation is 2. The first kappa shape index (κ1) is 14.6. The Hall–Kier alpha value is -2.30. The Morgan fingerprint density at radius 2 is 2.09 bits per heavy atom. The topological polar surface area (TPSA) is 62.5 Å². The second kappa shape index (κ2) is 5.83. The van der Waals surface area contributed by atoms with E-state index in [1.165, 1.54) is 4.90 Å². The van der Waals surface area contributed by atoms with Gasteiger partial charge in [0.15, 0.2) is 0 Å². The largest absolute Gasteiger partial charge is 0.480 e. The summed E-state index contributed by atoms with van der Waals surface area (Å²) in [5, 5.41) is 10.3. The molecule has 1 amide bonds. The number of fused-ring (bicyclic) bond motifs is 1. The Balaban J connectivity index is 1.71. The van der Waals surface area contributed by atoms with Crippen molar-refractivity contribution in [2.24, 2.45) is 7.05 Å². The molecule has 1 saturated heterocycles. The minimum Gasteiger partial charge on any atom is -0.480 e. The van der Waals surface area contributed by atoms with E-state index in [2.05, 4.69) is 22.9 Å². The fourth-order valence-corrected chi connectivity index (χ4v) is 3.33. The molecular formula is C17H20N2O3. The highest BCUT2D eigenvalue weighted by atomic mass is 16.4. The molecule has 3 rings (SSSR count). The van der Waals surface area contributed by atoms with Crippen molar-refractivity contribution < 1.29 is 14.7 Å². The molecule has 116 valence electrons. The Labute approximate surface area is 129 Å². The van der Waals surface area contributed by atoms with Crippen LogP contribution in [0.15, 0.2) is 30.5 Å². The predicted molar refractivity (Wildman–Crippen MR) is 83.6 cm³/mol. The summed E-state index contributed by atoms with van der Waals surface area (Å²) < 4.78 is 2.06. The number of nitrogens with zero attached hydrogens (tertiary/aromatic N) is 2. The average molecular weight is 300 g/mol. The summed E-state index contributed by atoms with van der Waals surface area (Å²) in [4.78, 5) is 25.0. The molecule has 1 N–H and O–H groups in total. The molecule has 1 aliphatic heterocycles. The van der Waals surface area contributed by atoms with Gasteiger partial charge < -0.3 is 14.6 Å². The fraction of sp³-hybridized carbons (Fsp3) is 0.412. The molecular weight excluding hydrogens is 280 g/mol. The van der Waals surface area contributed by atoms with Gasteiger partial charge >= 0.3 is 5.97 Å². The number of carboxylic acids is 1. The summed E-state index contributed by atoms with van der Waals surface area (Å²) in [6.07, 6.45) is 4.39. The lowest BCUT2D eigenvalue weighted by Crippen LogP contribution is -2.40. The first-order chi connectivity index (χ1) is 10.6. The molecule has 2 heterocycles. The van der Waals surface area contributed by atoms with E-state index in [0.717, 1.165) is 22.9 Å². The number of aliphatic carboxylic acids is 1. The molecule has 1 aliphatic rings. The molecule has 1 aromatic carbocycles. The number of amides is 1. The number of carboxylic acid groups (broad SMARTS) is 1. The van der Waals surface area contributed by atoms with Crippen LogP contribution in [-0.2, 0) is 23.1 Å². The number of aromatic nitrogens is 1. The molecule has 5 nitrogen and oxygen atoms in total. The van der Waals surface area contributed by atoms with Crippen LogP contribution in [0, 0.1) is 0 Å². The maximum atomic E-state index is 12.3. The van der Waals surface area contributed by atoms with Crippen LogP contribution in [-0.4, -0.2) is 39.0 Å². The Kier molecular flexibility index (Phi) is 3.88. The molecule has 0 spiro atoms. The lowest BCUT2D eigenvalue weighted by molar-refractivity contribution is -0.148. The van der Waals surface area contributed by atoms with Gasteiger partial charge in [0.2, 0.25) is 5.91 Å². The van der Waals surface area contributed by atoms with Crippen LogP contribution < -0.4 is 0 Å². The van der Waals surface area contributed by atoms with Crippen molar-refractivity contribution in [3.63, 3.8) is 0 Å². The van der Waals surface area contributed by atoms with Crippen LogP contribution in [0.25, 0.3) is 10.9 Å². The number of likely N-dealkylation sites (tertiary alicyclic amines) is 1. The third kappa shape index (κ3) is 2.58. The van der Waals surface area contributed by atoms with Crippen molar-refractivity contribution in [3.8, 4) is 0 Å². The lowest BCUT2D eigenvalue weighted by Gasteiger charge is -2.21. The second-order valence-electron chi connectivity index (χ2n) is 5.87. The Morgan fingerprint density at radius 1 is 1.32 bits per heavy atom. The first-order valence-corrected chi connectivity index (χ1v) is 7.63.